The monoisotopic (exact) mass is 232 g/mol. The van der Waals surface area contributed by atoms with Crippen molar-refractivity contribution in [1.82, 2.24) is 10.2 Å². The SMILES string of the molecule is CCN1CCC(NCC(C)S(C)=O)CC1. The van der Waals surface area contributed by atoms with E-state index >= 15 is 0 Å². The Kier molecular flexibility index (Phi) is 5.79. The van der Waals surface area contributed by atoms with Crippen LogP contribution in [0.3, 0.4) is 0 Å². The third-order valence-electron chi connectivity index (χ3n) is 3.30. The van der Waals surface area contributed by atoms with E-state index in [1.807, 2.05) is 6.92 Å². The zero-order valence-corrected chi connectivity index (χ0v) is 11.0. The smallest absolute Gasteiger partial charge is 0.0441 e. The van der Waals surface area contributed by atoms with Crippen LogP contribution in [0.1, 0.15) is 26.7 Å². The van der Waals surface area contributed by atoms with Crippen molar-refractivity contribution in [1.29, 1.82) is 0 Å². The quantitative estimate of drug-likeness (QED) is 0.762. The Morgan fingerprint density at radius 1 is 1.47 bits per heavy atom. The van der Waals surface area contributed by atoms with E-state index in [1.165, 1.54) is 32.5 Å². The fraction of sp³-hybridized carbons (Fsp3) is 1.00. The minimum atomic E-state index is -0.696. The molecule has 0 aromatic heterocycles. The molecule has 90 valence electrons. The molecular weight excluding hydrogens is 208 g/mol. The summed E-state index contributed by atoms with van der Waals surface area (Å²) in [6, 6.07) is 0.638. The number of hydrogen-bond donors (Lipinski definition) is 1. The molecule has 2 atom stereocenters. The molecule has 0 saturated carbocycles. The fourth-order valence-corrected chi connectivity index (χ4v) is 2.23. The van der Waals surface area contributed by atoms with Crippen LogP contribution in [0.15, 0.2) is 0 Å². The predicted octanol–water partition coefficient (Wildman–Crippen LogP) is 0.827. The third-order valence-corrected chi connectivity index (χ3v) is 4.60. The summed E-state index contributed by atoms with van der Waals surface area (Å²) in [5.41, 5.74) is 0. The highest BCUT2D eigenvalue weighted by atomic mass is 32.2. The summed E-state index contributed by atoms with van der Waals surface area (Å²) in [7, 11) is -0.696. The third kappa shape index (κ3) is 4.62. The first-order valence-corrected chi connectivity index (χ1v) is 7.53. The Bertz CT molecular complexity index is 203. The Balaban J connectivity index is 2.16. The molecule has 0 radical (unpaired) electrons. The molecule has 2 unspecified atom stereocenters. The lowest BCUT2D eigenvalue weighted by atomic mass is 10.1. The van der Waals surface area contributed by atoms with Gasteiger partial charge in [0.15, 0.2) is 0 Å². The van der Waals surface area contributed by atoms with Crippen molar-refractivity contribution in [3.05, 3.63) is 0 Å². The second kappa shape index (κ2) is 6.61. The van der Waals surface area contributed by atoms with Crippen LogP contribution in [0.2, 0.25) is 0 Å². The first-order chi connectivity index (χ1) is 7.13. The topological polar surface area (TPSA) is 32.3 Å². The molecule has 1 N–H and O–H groups in total. The lowest BCUT2D eigenvalue weighted by molar-refractivity contribution is 0.207. The van der Waals surface area contributed by atoms with E-state index in [0.29, 0.717) is 6.04 Å². The van der Waals surface area contributed by atoms with Crippen molar-refractivity contribution < 1.29 is 4.21 Å². The average Bonchev–Trinajstić information content (AvgIpc) is 2.26. The number of hydrogen-bond acceptors (Lipinski definition) is 3. The van der Waals surface area contributed by atoms with Crippen molar-refractivity contribution in [3.8, 4) is 0 Å². The van der Waals surface area contributed by atoms with E-state index in [4.69, 9.17) is 0 Å². The Morgan fingerprint density at radius 2 is 2.07 bits per heavy atom. The lowest BCUT2D eigenvalue weighted by Crippen LogP contribution is -2.44. The average molecular weight is 232 g/mol. The molecule has 4 heteroatoms. The summed E-state index contributed by atoms with van der Waals surface area (Å²) < 4.78 is 11.2. The highest BCUT2D eigenvalue weighted by Crippen LogP contribution is 2.09. The van der Waals surface area contributed by atoms with Crippen LogP contribution in [0.4, 0.5) is 0 Å². The van der Waals surface area contributed by atoms with Gasteiger partial charge in [0.05, 0.1) is 0 Å². The molecule has 0 aliphatic carbocycles. The number of nitrogens with zero attached hydrogens (tertiary/aromatic N) is 1. The van der Waals surface area contributed by atoms with Crippen LogP contribution < -0.4 is 5.32 Å². The van der Waals surface area contributed by atoms with E-state index in [-0.39, 0.29) is 5.25 Å². The maximum absolute atomic E-state index is 11.2. The summed E-state index contributed by atoms with van der Waals surface area (Å²) in [5, 5.41) is 3.80. The van der Waals surface area contributed by atoms with E-state index < -0.39 is 10.8 Å². The van der Waals surface area contributed by atoms with Crippen molar-refractivity contribution in [2.45, 2.75) is 38.0 Å². The van der Waals surface area contributed by atoms with Crippen LogP contribution in [0.25, 0.3) is 0 Å². The summed E-state index contributed by atoms with van der Waals surface area (Å²) in [6.07, 6.45) is 4.25. The van der Waals surface area contributed by atoms with Crippen molar-refractivity contribution in [2.24, 2.45) is 0 Å². The molecule has 0 aromatic carbocycles. The molecule has 1 saturated heterocycles. The summed E-state index contributed by atoms with van der Waals surface area (Å²) in [6.45, 7) is 8.73. The van der Waals surface area contributed by atoms with Crippen LogP contribution in [0.5, 0.6) is 0 Å². The second-order valence-corrected chi connectivity index (χ2v) is 6.23. The van der Waals surface area contributed by atoms with Gasteiger partial charge in [-0.15, -0.1) is 0 Å². The molecule has 0 amide bonds. The zero-order chi connectivity index (χ0) is 11.3. The van der Waals surface area contributed by atoms with Gasteiger partial charge >= 0.3 is 0 Å². The molecule has 0 bridgehead atoms. The van der Waals surface area contributed by atoms with Crippen molar-refractivity contribution in [2.75, 3.05) is 32.4 Å². The lowest BCUT2D eigenvalue weighted by Gasteiger charge is -2.32. The summed E-state index contributed by atoms with van der Waals surface area (Å²) in [5.74, 6) is 0. The standard InChI is InChI=1S/C11H24N2OS/c1-4-13-7-5-11(6-8-13)12-9-10(2)15(3)14/h10-12H,4-9H2,1-3H3. The van der Waals surface area contributed by atoms with E-state index in [2.05, 4.69) is 17.1 Å². The van der Waals surface area contributed by atoms with Gasteiger partial charge in [0.2, 0.25) is 0 Å². The van der Waals surface area contributed by atoms with E-state index in [9.17, 15) is 4.21 Å². The van der Waals surface area contributed by atoms with Gasteiger partial charge in [-0.25, -0.2) is 0 Å². The van der Waals surface area contributed by atoms with Gasteiger partial charge in [-0.3, -0.25) is 4.21 Å². The minimum Gasteiger partial charge on any atom is -0.313 e. The molecule has 1 heterocycles. The minimum absolute atomic E-state index is 0.272. The zero-order valence-electron chi connectivity index (χ0n) is 10.2. The molecule has 1 rings (SSSR count). The highest BCUT2D eigenvalue weighted by Gasteiger charge is 2.18. The van der Waals surface area contributed by atoms with Crippen LogP contribution >= 0.6 is 0 Å². The molecule has 15 heavy (non-hydrogen) atoms. The molecular formula is C11H24N2OS. The first kappa shape index (κ1) is 13.1. The van der Waals surface area contributed by atoms with Crippen LogP contribution in [-0.4, -0.2) is 52.8 Å². The van der Waals surface area contributed by atoms with Gasteiger partial charge in [0.1, 0.15) is 0 Å². The van der Waals surface area contributed by atoms with Crippen molar-refractivity contribution in [3.63, 3.8) is 0 Å². The van der Waals surface area contributed by atoms with Gasteiger partial charge in [0, 0.05) is 34.9 Å². The molecule has 1 fully saturated rings. The Hall–Kier alpha value is 0.0700. The van der Waals surface area contributed by atoms with Gasteiger partial charge in [-0.2, -0.15) is 0 Å². The fourth-order valence-electron chi connectivity index (χ4n) is 1.90. The number of nitrogens with one attached hydrogen (secondary N) is 1. The maximum Gasteiger partial charge on any atom is 0.0441 e. The summed E-state index contributed by atoms with van der Waals surface area (Å²) in [4.78, 5) is 2.49. The van der Waals surface area contributed by atoms with Crippen molar-refractivity contribution >= 4 is 10.8 Å². The van der Waals surface area contributed by atoms with E-state index in [0.717, 1.165) is 6.54 Å². The highest BCUT2D eigenvalue weighted by molar-refractivity contribution is 7.84. The molecule has 3 nitrogen and oxygen atoms in total. The van der Waals surface area contributed by atoms with Gasteiger partial charge in [-0.05, 0) is 39.4 Å². The number of likely N-dealkylation sites (tertiary alicyclic amines) is 1. The van der Waals surface area contributed by atoms with Crippen LogP contribution in [-0.2, 0) is 10.8 Å². The first-order valence-electron chi connectivity index (χ1n) is 5.91. The molecule has 1 aliphatic rings. The van der Waals surface area contributed by atoms with E-state index in [1.54, 1.807) is 6.26 Å². The maximum atomic E-state index is 11.2. The van der Waals surface area contributed by atoms with Gasteiger partial charge in [0.25, 0.3) is 0 Å². The number of piperidine rings is 1. The Labute approximate surface area is 96.1 Å². The second-order valence-electron chi connectivity index (χ2n) is 4.43. The van der Waals surface area contributed by atoms with Gasteiger partial charge in [-0.1, -0.05) is 6.92 Å². The predicted molar refractivity (Wildman–Crippen MR) is 66.7 cm³/mol. The largest absolute Gasteiger partial charge is 0.313 e. The van der Waals surface area contributed by atoms with Crippen LogP contribution in [0, 0.1) is 0 Å². The Morgan fingerprint density at radius 3 is 2.53 bits per heavy atom. The molecule has 0 aromatic rings. The molecule has 1 aliphatic heterocycles. The summed E-state index contributed by atoms with van der Waals surface area (Å²) >= 11 is 0. The normalized spacial score (nSPS) is 23.9. The number of rotatable bonds is 5. The van der Waals surface area contributed by atoms with Gasteiger partial charge < -0.3 is 10.2 Å². The molecule has 0 spiro atoms.